The van der Waals surface area contributed by atoms with E-state index in [2.05, 4.69) is 16.8 Å². The van der Waals surface area contributed by atoms with Gasteiger partial charge >= 0.3 is 0 Å². The Labute approximate surface area is 167 Å². The van der Waals surface area contributed by atoms with Crippen molar-refractivity contribution in [2.45, 2.75) is 33.9 Å². The van der Waals surface area contributed by atoms with E-state index in [0.29, 0.717) is 35.1 Å². The summed E-state index contributed by atoms with van der Waals surface area (Å²) in [7, 11) is 0. The lowest BCUT2D eigenvalue weighted by Gasteiger charge is -2.14. The molecule has 5 nitrogen and oxygen atoms in total. The molecule has 0 radical (unpaired) electrons. The van der Waals surface area contributed by atoms with Crippen LogP contribution >= 0.6 is 0 Å². The van der Waals surface area contributed by atoms with Gasteiger partial charge in [0.1, 0.15) is 5.82 Å². The van der Waals surface area contributed by atoms with Crippen LogP contribution in [0.4, 0.5) is 4.39 Å². The second-order valence-electron chi connectivity index (χ2n) is 7.25. The van der Waals surface area contributed by atoms with Crippen molar-refractivity contribution in [3.8, 4) is 23.0 Å². The normalized spacial score (nSPS) is 12.6. The van der Waals surface area contributed by atoms with Crippen molar-refractivity contribution in [1.29, 1.82) is 0 Å². The molecule has 2 heterocycles. The number of carbonyl (C=O) groups excluding carboxylic acids is 2. The minimum atomic E-state index is -0.685. The van der Waals surface area contributed by atoms with Gasteiger partial charge in [0.15, 0.2) is 0 Å². The maximum atomic E-state index is 15.3. The first-order valence-corrected chi connectivity index (χ1v) is 9.27. The van der Waals surface area contributed by atoms with E-state index in [4.69, 9.17) is 5.73 Å². The number of rotatable bonds is 2. The Morgan fingerprint density at radius 2 is 2.00 bits per heavy atom. The largest absolute Gasteiger partial charge is 0.366 e. The minimum Gasteiger partial charge on any atom is -0.366 e. The van der Waals surface area contributed by atoms with Crippen LogP contribution in [0.25, 0.3) is 22.0 Å². The molecule has 0 saturated heterocycles. The lowest BCUT2D eigenvalue weighted by atomic mass is 9.91. The van der Waals surface area contributed by atoms with Crippen LogP contribution in [0.3, 0.4) is 0 Å². The third-order valence-electron chi connectivity index (χ3n) is 5.57. The minimum absolute atomic E-state index is 0.125. The molecule has 0 unspecified atom stereocenters. The second kappa shape index (κ2) is 6.78. The van der Waals surface area contributed by atoms with Gasteiger partial charge in [0.2, 0.25) is 0 Å². The van der Waals surface area contributed by atoms with E-state index in [1.165, 1.54) is 6.07 Å². The summed E-state index contributed by atoms with van der Waals surface area (Å²) in [5, 5.41) is 0.642. The van der Waals surface area contributed by atoms with Crippen molar-refractivity contribution in [3.05, 3.63) is 58.0 Å². The predicted octanol–water partition coefficient (Wildman–Crippen LogP) is 3.56. The maximum Gasteiger partial charge on any atom is 0.299 e. The fourth-order valence-electron chi connectivity index (χ4n) is 4.07. The first-order chi connectivity index (χ1) is 13.8. The summed E-state index contributed by atoms with van der Waals surface area (Å²) < 4.78 is 15.3. The van der Waals surface area contributed by atoms with E-state index in [-0.39, 0.29) is 11.5 Å². The van der Waals surface area contributed by atoms with E-state index in [1.54, 1.807) is 11.8 Å². The molecule has 1 aliphatic heterocycles. The molecule has 2 aromatic carbocycles. The van der Waals surface area contributed by atoms with Gasteiger partial charge in [-0.15, -0.1) is 0 Å². The second-order valence-corrected chi connectivity index (χ2v) is 7.25. The molecule has 0 spiro atoms. The summed E-state index contributed by atoms with van der Waals surface area (Å²) >= 11 is 0. The van der Waals surface area contributed by atoms with Crippen LogP contribution in [0, 0.1) is 31.5 Å². The fraction of sp³-hybridized carbons (Fsp3) is 0.217. The van der Waals surface area contributed by atoms with E-state index < -0.39 is 11.7 Å². The Kier molecular flexibility index (Phi) is 4.39. The number of hydrogen-bond acceptors (Lipinski definition) is 2. The zero-order chi connectivity index (χ0) is 20.9. The number of nitrogens with one attached hydrogen (secondary N) is 1. The first-order valence-electron chi connectivity index (χ1n) is 9.27. The number of primary amides is 1. The number of aromatic nitrogens is 1. The molecule has 2 amide bonds. The summed E-state index contributed by atoms with van der Waals surface area (Å²) in [6.45, 7) is 6.18. The average molecular weight is 389 g/mol. The number of nitrogens with zero attached hydrogens (tertiary/aromatic N) is 1. The number of amides is 2. The number of benzene rings is 2. The van der Waals surface area contributed by atoms with Crippen LogP contribution in [0.5, 0.6) is 0 Å². The van der Waals surface area contributed by atoms with E-state index in [1.807, 2.05) is 32.0 Å². The molecule has 0 fully saturated rings. The Balaban J connectivity index is 1.97. The van der Waals surface area contributed by atoms with Gasteiger partial charge in [-0.1, -0.05) is 24.1 Å². The summed E-state index contributed by atoms with van der Waals surface area (Å²) in [4.78, 5) is 28.9. The molecule has 0 aliphatic carbocycles. The molecule has 146 valence electrons. The summed E-state index contributed by atoms with van der Waals surface area (Å²) in [5.41, 5.74) is 10.8. The average Bonchev–Trinajstić information content (AvgIpc) is 3.24. The maximum absolute atomic E-state index is 15.3. The Bertz CT molecular complexity index is 1260. The van der Waals surface area contributed by atoms with Gasteiger partial charge in [-0.3, -0.25) is 9.59 Å². The molecule has 0 atom stereocenters. The van der Waals surface area contributed by atoms with Crippen LogP contribution < -0.4 is 5.73 Å². The molecule has 3 aromatic rings. The highest BCUT2D eigenvalue weighted by atomic mass is 19.1. The van der Waals surface area contributed by atoms with Gasteiger partial charge in [-0.05, 0) is 55.0 Å². The molecule has 29 heavy (non-hydrogen) atoms. The van der Waals surface area contributed by atoms with Crippen molar-refractivity contribution in [3.63, 3.8) is 0 Å². The van der Waals surface area contributed by atoms with Gasteiger partial charge in [-0.25, -0.2) is 4.39 Å². The highest BCUT2D eigenvalue weighted by Crippen LogP contribution is 2.40. The number of H-pyrrole nitrogens is 1. The molecule has 4 rings (SSSR count). The van der Waals surface area contributed by atoms with Crippen LogP contribution in [0.15, 0.2) is 24.3 Å². The summed E-state index contributed by atoms with van der Waals surface area (Å²) in [6.07, 6.45) is 0. The number of aryl methyl sites for hydroxylation is 2. The monoisotopic (exact) mass is 389 g/mol. The topological polar surface area (TPSA) is 79.2 Å². The number of fused-ring (bicyclic) bond motifs is 2. The fourth-order valence-corrected chi connectivity index (χ4v) is 4.07. The van der Waals surface area contributed by atoms with E-state index >= 15 is 4.39 Å². The van der Waals surface area contributed by atoms with E-state index in [9.17, 15) is 9.59 Å². The number of hydrogen-bond donors (Lipinski definition) is 2. The van der Waals surface area contributed by atoms with Crippen LogP contribution in [-0.4, -0.2) is 21.7 Å². The number of halogens is 1. The third-order valence-corrected chi connectivity index (χ3v) is 5.57. The SMILES string of the molecule is CC#CC(=O)N1Cc2cccc(-c3c(F)cc(C(N)=O)c4[nH]c(C)c(C)c34)c2C1. The van der Waals surface area contributed by atoms with Gasteiger partial charge in [0, 0.05) is 29.7 Å². The number of carbonyl (C=O) groups is 2. The van der Waals surface area contributed by atoms with Gasteiger partial charge in [-0.2, -0.15) is 0 Å². The first kappa shape index (κ1) is 18.8. The van der Waals surface area contributed by atoms with Gasteiger partial charge in [0.25, 0.3) is 11.8 Å². The Hall–Kier alpha value is -3.59. The lowest BCUT2D eigenvalue weighted by Crippen LogP contribution is -2.23. The summed E-state index contributed by atoms with van der Waals surface area (Å²) in [6, 6.07) is 6.83. The van der Waals surface area contributed by atoms with Crippen molar-refractivity contribution in [2.24, 2.45) is 5.73 Å². The molecule has 6 heteroatoms. The molecular formula is C23H20FN3O2. The zero-order valence-electron chi connectivity index (χ0n) is 16.4. The van der Waals surface area contributed by atoms with Crippen molar-refractivity contribution < 1.29 is 14.0 Å². The molecular weight excluding hydrogens is 369 g/mol. The number of aromatic amines is 1. The molecule has 1 aromatic heterocycles. The molecule has 0 saturated carbocycles. The quantitative estimate of drug-likeness (QED) is 0.658. The van der Waals surface area contributed by atoms with Crippen LogP contribution in [0.2, 0.25) is 0 Å². The van der Waals surface area contributed by atoms with Gasteiger partial charge in [0.05, 0.1) is 11.1 Å². The molecule has 3 N–H and O–H groups in total. The zero-order valence-corrected chi connectivity index (χ0v) is 16.4. The summed E-state index contributed by atoms with van der Waals surface area (Å²) in [5.74, 6) is 3.74. The van der Waals surface area contributed by atoms with Crippen LogP contribution in [-0.2, 0) is 17.9 Å². The van der Waals surface area contributed by atoms with Crippen molar-refractivity contribution in [2.75, 3.05) is 0 Å². The van der Waals surface area contributed by atoms with Gasteiger partial charge < -0.3 is 15.6 Å². The van der Waals surface area contributed by atoms with Crippen LogP contribution in [0.1, 0.15) is 39.7 Å². The number of nitrogens with two attached hydrogens (primary N) is 1. The standard InChI is InChI=1S/C23H20FN3O2/c1-4-6-19(28)27-10-14-7-5-8-15(17(14)11-27)21-18(24)9-16(23(25)29)22-20(21)12(2)13(3)26-22/h5,7-9,26H,10-11H2,1-3H3,(H2,25,29). The highest BCUT2D eigenvalue weighted by molar-refractivity contribution is 6.11. The lowest BCUT2D eigenvalue weighted by molar-refractivity contribution is -0.125. The van der Waals surface area contributed by atoms with Crippen molar-refractivity contribution in [1.82, 2.24) is 9.88 Å². The van der Waals surface area contributed by atoms with Crippen molar-refractivity contribution >= 4 is 22.7 Å². The Morgan fingerprint density at radius 3 is 2.69 bits per heavy atom. The third kappa shape index (κ3) is 2.87. The van der Waals surface area contributed by atoms with E-state index in [0.717, 1.165) is 22.4 Å². The Morgan fingerprint density at radius 1 is 1.24 bits per heavy atom. The smallest absolute Gasteiger partial charge is 0.299 e. The predicted molar refractivity (Wildman–Crippen MR) is 109 cm³/mol. The highest BCUT2D eigenvalue weighted by Gasteiger charge is 2.28. The molecule has 0 bridgehead atoms. The molecule has 1 aliphatic rings.